The molecule has 0 spiro atoms. The predicted octanol–water partition coefficient (Wildman–Crippen LogP) is 3.93. The van der Waals surface area contributed by atoms with Crippen molar-refractivity contribution >= 4 is 38.9 Å². The van der Waals surface area contributed by atoms with Crippen molar-refractivity contribution in [3.8, 4) is 0 Å². The highest BCUT2D eigenvalue weighted by molar-refractivity contribution is 7.21. The number of carbonyl (C=O) groups is 1. The number of unbranched alkanes of at least 4 members (excludes halogenated alkanes) is 2. The first-order valence-corrected chi connectivity index (χ1v) is 7.98. The minimum atomic E-state index is -0.336. The van der Waals surface area contributed by atoms with Crippen LogP contribution in [0.3, 0.4) is 0 Å². The highest BCUT2D eigenvalue weighted by Crippen LogP contribution is 2.36. The van der Waals surface area contributed by atoms with Crippen LogP contribution < -0.4 is 0 Å². The molecular weight excluding hydrogens is 313 g/mol. The molecule has 0 aliphatic carbocycles. The molecule has 0 atom stereocenters. The van der Waals surface area contributed by atoms with Gasteiger partial charge in [0.25, 0.3) is 5.91 Å². The van der Waals surface area contributed by atoms with E-state index in [-0.39, 0.29) is 18.3 Å². The van der Waals surface area contributed by atoms with Crippen molar-refractivity contribution in [2.45, 2.75) is 19.3 Å². The molecule has 1 aromatic carbocycles. The topological polar surface area (TPSA) is 40.5 Å². The van der Waals surface area contributed by atoms with Gasteiger partial charge in [-0.15, -0.1) is 11.3 Å². The average Bonchev–Trinajstić information content (AvgIpc) is 2.79. The molecule has 114 valence electrons. The summed E-state index contributed by atoms with van der Waals surface area (Å²) >= 11 is 7.45. The van der Waals surface area contributed by atoms with Crippen LogP contribution in [0.1, 0.15) is 28.9 Å². The number of carbonyl (C=O) groups excluding carboxylic acids is 1. The third kappa shape index (κ3) is 3.73. The smallest absolute Gasteiger partial charge is 0.265 e. The number of nitrogens with zero attached hydrogens (tertiary/aromatic N) is 1. The Morgan fingerprint density at radius 3 is 2.86 bits per heavy atom. The molecule has 0 saturated heterocycles. The summed E-state index contributed by atoms with van der Waals surface area (Å²) in [6.07, 6.45) is 2.45. The summed E-state index contributed by atoms with van der Waals surface area (Å²) in [5.41, 5.74) is 0. The van der Waals surface area contributed by atoms with Gasteiger partial charge in [0.1, 0.15) is 10.7 Å². The molecular formula is C15H17ClFNO2S. The lowest BCUT2D eigenvalue weighted by Gasteiger charge is -2.16. The predicted molar refractivity (Wildman–Crippen MR) is 84.7 cm³/mol. The number of amides is 1. The van der Waals surface area contributed by atoms with Crippen LogP contribution in [-0.4, -0.2) is 36.1 Å². The van der Waals surface area contributed by atoms with Crippen LogP contribution in [0.5, 0.6) is 0 Å². The van der Waals surface area contributed by atoms with Crippen molar-refractivity contribution in [1.82, 2.24) is 4.90 Å². The van der Waals surface area contributed by atoms with Crippen LogP contribution in [0.15, 0.2) is 18.2 Å². The van der Waals surface area contributed by atoms with Crippen LogP contribution in [0.2, 0.25) is 5.02 Å². The van der Waals surface area contributed by atoms with E-state index in [2.05, 4.69) is 0 Å². The fourth-order valence-corrected chi connectivity index (χ4v) is 3.62. The van der Waals surface area contributed by atoms with E-state index in [0.29, 0.717) is 26.5 Å². The van der Waals surface area contributed by atoms with Gasteiger partial charge in [0.15, 0.2) is 0 Å². The fourth-order valence-electron chi connectivity index (χ4n) is 2.09. The quantitative estimate of drug-likeness (QED) is 0.816. The maximum Gasteiger partial charge on any atom is 0.265 e. The zero-order chi connectivity index (χ0) is 15.4. The summed E-state index contributed by atoms with van der Waals surface area (Å²) in [7, 11) is 1.72. The fraction of sp³-hybridized carbons (Fsp3) is 0.400. The Morgan fingerprint density at radius 1 is 1.38 bits per heavy atom. The van der Waals surface area contributed by atoms with Gasteiger partial charge in [-0.2, -0.15) is 0 Å². The Morgan fingerprint density at radius 2 is 2.14 bits per heavy atom. The van der Waals surface area contributed by atoms with Crippen LogP contribution in [0.4, 0.5) is 4.39 Å². The van der Waals surface area contributed by atoms with Crippen molar-refractivity contribution in [1.29, 1.82) is 0 Å². The molecule has 2 rings (SSSR count). The Labute approximate surface area is 131 Å². The van der Waals surface area contributed by atoms with E-state index in [1.807, 2.05) is 0 Å². The summed E-state index contributed by atoms with van der Waals surface area (Å²) in [5, 5.41) is 9.83. The number of hydrogen-bond acceptors (Lipinski definition) is 3. The minimum Gasteiger partial charge on any atom is -0.396 e. The molecule has 0 aliphatic rings. The van der Waals surface area contributed by atoms with Gasteiger partial charge >= 0.3 is 0 Å². The average molecular weight is 330 g/mol. The van der Waals surface area contributed by atoms with Gasteiger partial charge in [0, 0.05) is 30.3 Å². The largest absolute Gasteiger partial charge is 0.396 e. The Balaban J connectivity index is 2.13. The number of aliphatic hydroxyl groups excluding tert-OH is 1. The summed E-state index contributed by atoms with van der Waals surface area (Å²) in [6.45, 7) is 0.781. The number of halogens is 2. The van der Waals surface area contributed by atoms with Crippen LogP contribution in [0, 0.1) is 5.82 Å². The SMILES string of the molecule is CN(CCCCCO)C(=O)c1sc2cc(F)ccc2c1Cl. The number of hydrogen-bond donors (Lipinski definition) is 1. The van der Waals surface area contributed by atoms with Gasteiger partial charge < -0.3 is 10.0 Å². The maximum atomic E-state index is 13.2. The van der Waals surface area contributed by atoms with E-state index in [4.69, 9.17) is 16.7 Å². The number of aliphatic hydroxyl groups is 1. The molecule has 1 aromatic heterocycles. The third-order valence-electron chi connectivity index (χ3n) is 3.28. The normalized spacial score (nSPS) is 11.0. The van der Waals surface area contributed by atoms with Gasteiger partial charge in [-0.05, 0) is 37.5 Å². The van der Waals surface area contributed by atoms with Crippen LogP contribution >= 0.6 is 22.9 Å². The first kappa shape index (κ1) is 16.2. The van der Waals surface area contributed by atoms with Crippen molar-refractivity contribution in [3.05, 3.63) is 33.9 Å². The van der Waals surface area contributed by atoms with Crippen LogP contribution in [-0.2, 0) is 0 Å². The molecule has 1 heterocycles. The Kier molecular flexibility index (Phi) is 5.56. The number of benzene rings is 1. The molecule has 0 saturated carbocycles. The zero-order valence-corrected chi connectivity index (χ0v) is 13.3. The van der Waals surface area contributed by atoms with Gasteiger partial charge in [-0.3, -0.25) is 4.79 Å². The minimum absolute atomic E-state index is 0.148. The highest BCUT2D eigenvalue weighted by Gasteiger charge is 2.20. The van der Waals surface area contributed by atoms with Crippen molar-refractivity contribution in [2.24, 2.45) is 0 Å². The Hall–Kier alpha value is -1.17. The molecule has 3 nitrogen and oxygen atoms in total. The number of rotatable bonds is 6. The van der Waals surface area contributed by atoms with Crippen molar-refractivity contribution in [3.63, 3.8) is 0 Å². The van der Waals surface area contributed by atoms with E-state index in [0.717, 1.165) is 19.3 Å². The number of fused-ring (bicyclic) bond motifs is 1. The van der Waals surface area contributed by atoms with E-state index in [1.165, 1.54) is 23.5 Å². The molecule has 1 N–H and O–H groups in total. The molecule has 0 aliphatic heterocycles. The van der Waals surface area contributed by atoms with E-state index in [1.54, 1.807) is 18.0 Å². The summed E-state index contributed by atoms with van der Waals surface area (Å²) in [4.78, 5) is 14.5. The summed E-state index contributed by atoms with van der Waals surface area (Å²) in [6, 6.07) is 4.33. The lowest BCUT2D eigenvalue weighted by molar-refractivity contribution is 0.0797. The third-order valence-corrected chi connectivity index (χ3v) is 4.93. The Bertz CT molecular complexity index is 644. The molecule has 0 radical (unpaired) electrons. The summed E-state index contributed by atoms with van der Waals surface area (Å²) in [5.74, 6) is -0.484. The van der Waals surface area contributed by atoms with Crippen molar-refractivity contribution in [2.75, 3.05) is 20.2 Å². The molecule has 6 heteroatoms. The second kappa shape index (κ2) is 7.20. The summed E-state index contributed by atoms with van der Waals surface area (Å²) < 4.78 is 13.9. The molecule has 1 amide bonds. The standard InChI is InChI=1S/C15H17ClFNO2S/c1-18(7-3-2-4-8-19)15(20)14-13(16)11-6-5-10(17)9-12(11)21-14/h5-6,9,19H,2-4,7-8H2,1H3. The monoisotopic (exact) mass is 329 g/mol. The number of thiophene rings is 1. The van der Waals surface area contributed by atoms with Gasteiger partial charge in [-0.1, -0.05) is 11.6 Å². The van der Waals surface area contributed by atoms with Gasteiger partial charge in [0.2, 0.25) is 0 Å². The van der Waals surface area contributed by atoms with Gasteiger partial charge in [0.05, 0.1) is 5.02 Å². The van der Waals surface area contributed by atoms with Gasteiger partial charge in [-0.25, -0.2) is 4.39 Å². The second-order valence-corrected chi connectivity index (χ2v) is 6.33. The first-order chi connectivity index (χ1) is 10.0. The first-order valence-electron chi connectivity index (χ1n) is 6.78. The molecule has 0 bridgehead atoms. The molecule has 2 aromatic rings. The van der Waals surface area contributed by atoms with E-state index < -0.39 is 0 Å². The highest BCUT2D eigenvalue weighted by atomic mass is 35.5. The molecule has 0 unspecified atom stereocenters. The maximum absolute atomic E-state index is 13.2. The van der Waals surface area contributed by atoms with E-state index in [9.17, 15) is 9.18 Å². The van der Waals surface area contributed by atoms with Crippen LogP contribution in [0.25, 0.3) is 10.1 Å². The van der Waals surface area contributed by atoms with E-state index >= 15 is 0 Å². The second-order valence-electron chi connectivity index (χ2n) is 4.90. The van der Waals surface area contributed by atoms with Crippen molar-refractivity contribution < 1.29 is 14.3 Å². The lowest BCUT2D eigenvalue weighted by atomic mass is 10.2. The molecule has 0 fully saturated rings. The zero-order valence-electron chi connectivity index (χ0n) is 11.7. The molecule has 21 heavy (non-hydrogen) atoms. The lowest BCUT2D eigenvalue weighted by Crippen LogP contribution is -2.27.